The van der Waals surface area contributed by atoms with Gasteiger partial charge in [-0.1, -0.05) is 166 Å². The largest absolute Gasteiger partial charge is 0.394 e. The molecule has 3 unspecified atom stereocenters. The number of aliphatic hydroxyl groups excluding tert-OH is 3. The van der Waals surface area contributed by atoms with Crippen molar-refractivity contribution in [2.75, 3.05) is 6.61 Å². The van der Waals surface area contributed by atoms with Crippen LogP contribution in [0, 0.1) is 0 Å². The lowest BCUT2D eigenvalue weighted by molar-refractivity contribution is -0.124. The predicted molar refractivity (Wildman–Crippen MR) is 213 cm³/mol. The maximum atomic E-state index is 12.4. The van der Waals surface area contributed by atoms with E-state index in [9.17, 15) is 20.1 Å². The van der Waals surface area contributed by atoms with Gasteiger partial charge < -0.3 is 20.6 Å². The second-order valence-corrected chi connectivity index (χ2v) is 14.5. The number of carbonyl (C=O) groups is 1. The number of unbranched alkanes of at least 4 members (excludes halogenated alkanes) is 24. The fraction of sp³-hybridized carbons (Fsp3) is 0.841. The third-order valence-corrected chi connectivity index (χ3v) is 9.69. The molecule has 0 saturated heterocycles. The monoisotopic (exact) mass is 690 g/mol. The zero-order valence-electron chi connectivity index (χ0n) is 32.6. The quantitative estimate of drug-likeness (QED) is 0.0384. The molecule has 0 aliphatic rings. The van der Waals surface area contributed by atoms with Gasteiger partial charge >= 0.3 is 0 Å². The van der Waals surface area contributed by atoms with E-state index >= 15 is 0 Å². The summed E-state index contributed by atoms with van der Waals surface area (Å²) in [6, 6.07) is -0.835. The van der Waals surface area contributed by atoms with Gasteiger partial charge in [0.15, 0.2) is 0 Å². The van der Waals surface area contributed by atoms with Crippen molar-refractivity contribution < 1.29 is 20.1 Å². The topological polar surface area (TPSA) is 89.8 Å². The van der Waals surface area contributed by atoms with E-state index in [1.54, 1.807) is 0 Å². The number of nitrogens with one attached hydrogen (secondary N) is 1. The molecule has 0 spiro atoms. The minimum absolute atomic E-state index is 0.167. The number of carbonyl (C=O) groups excluding carboxylic acids is 1. The predicted octanol–water partition coefficient (Wildman–Crippen LogP) is 12.0. The van der Waals surface area contributed by atoms with Gasteiger partial charge in [0.1, 0.15) is 6.10 Å². The van der Waals surface area contributed by atoms with Gasteiger partial charge in [-0.25, -0.2) is 0 Å². The van der Waals surface area contributed by atoms with Crippen LogP contribution < -0.4 is 5.32 Å². The first-order chi connectivity index (χ1) is 24.1. The van der Waals surface area contributed by atoms with Crippen LogP contribution in [0.5, 0.6) is 0 Å². The molecule has 0 aromatic rings. The van der Waals surface area contributed by atoms with Gasteiger partial charge in [-0.2, -0.15) is 0 Å². The minimum atomic E-state index is -1.17. The molecule has 3 atom stereocenters. The van der Waals surface area contributed by atoms with E-state index in [-0.39, 0.29) is 12.5 Å². The minimum Gasteiger partial charge on any atom is -0.394 e. The molecule has 1 amide bonds. The molecule has 0 saturated carbocycles. The highest BCUT2D eigenvalue weighted by molar-refractivity contribution is 5.76. The molecule has 0 fully saturated rings. The molecule has 0 aliphatic heterocycles. The van der Waals surface area contributed by atoms with Crippen molar-refractivity contribution in [1.82, 2.24) is 5.32 Å². The first-order valence-electron chi connectivity index (χ1n) is 21.3. The van der Waals surface area contributed by atoms with Crippen LogP contribution in [0.4, 0.5) is 0 Å². The van der Waals surface area contributed by atoms with Crippen LogP contribution in [-0.2, 0) is 4.79 Å². The van der Waals surface area contributed by atoms with E-state index in [1.165, 1.54) is 135 Å². The van der Waals surface area contributed by atoms with Gasteiger partial charge in [0.25, 0.3) is 0 Å². The van der Waals surface area contributed by atoms with Crippen molar-refractivity contribution >= 4 is 5.91 Å². The van der Waals surface area contributed by atoms with Crippen LogP contribution in [-0.4, -0.2) is 46.1 Å². The Kier molecular flexibility index (Phi) is 38.2. The Morgan fingerprint density at radius 2 is 0.837 bits per heavy atom. The maximum absolute atomic E-state index is 12.4. The first kappa shape index (κ1) is 47.6. The molecule has 0 radical (unpaired) electrons. The lowest BCUT2D eigenvalue weighted by Gasteiger charge is -2.26. The van der Waals surface area contributed by atoms with E-state index < -0.39 is 18.2 Å². The fourth-order valence-corrected chi connectivity index (χ4v) is 6.35. The Morgan fingerprint density at radius 3 is 1.24 bits per heavy atom. The van der Waals surface area contributed by atoms with Gasteiger partial charge in [0, 0.05) is 6.42 Å². The van der Waals surface area contributed by atoms with E-state index in [1.807, 2.05) is 0 Å². The molecule has 0 bridgehead atoms. The molecule has 5 heteroatoms. The molecule has 0 rings (SSSR count). The van der Waals surface area contributed by atoms with E-state index in [4.69, 9.17) is 0 Å². The van der Waals surface area contributed by atoms with Gasteiger partial charge in [0.2, 0.25) is 5.91 Å². The van der Waals surface area contributed by atoms with Crippen LogP contribution in [0.25, 0.3) is 0 Å². The van der Waals surface area contributed by atoms with Gasteiger partial charge in [0.05, 0.1) is 18.8 Å². The SMILES string of the molecule is CCCCCCCCCC/C=C/CC/C=C/CCCC(O)C(O)C(CO)NC(=O)CCCCCCC/C=C\CCCCCCCCCCC. The molecule has 49 heavy (non-hydrogen) atoms. The lowest BCUT2D eigenvalue weighted by Crippen LogP contribution is -2.50. The molecule has 288 valence electrons. The Hall–Kier alpha value is -1.43. The van der Waals surface area contributed by atoms with Crippen molar-refractivity contribution in [3.8, 4) is 0 Å². The van der Waals surface area contributed by atoms with Crippen molar-refractivity contribution in [2.24, 2.45) is 0 Å². The Bertz CT molecular complexity index is 764. The zero-order valence-corrected chi connectivity index (χ0v) is 32.6. The van der Waals surface area contributed by atoms with Crippen molar-refractivity contribution in [3.05, 3.63) is 36.5 Å². The smallest absolute Gasteiger partial charge is 0.220 e. The average molecular weight is 690 g/mol. The van der Waals surface area contributed by atoms with Crippen LogP contribution >= 0.6 is 0 Å². The molecular formula is C44H83NO4. The summed E-state index contributed by atoms with van der Waals surface area (Å²) in [6.45, 7) is 4.15. The Labute approximate surface area is 304 Å². The highest BCUT2D eigenvalue weighted by atomic mass is 16.3. The lowest BCUT2D eigenvalue weighted by atomic mass is 10.0. The van der Waals surface area contributed by atoms with Crippen molar-refractivity contribution in [1.29, 1.82) is 0 Å². The molecular weight excluding hydrogens is 606 g/mol. The number of rotatable bonds is 38. The summed E-state index contributed by atoms with van der Waals surface area (Å²) >= 11 is 0. The maximum Gasteiger partial charge on any atom is 0.220 e. The first-order valence-corrected chi connectivity index (χ1v) is 21.3. The normalized spacial score (nSPS) is 14.0. The number of amides is 1. The summed E-state index contributed by atoms with van der Waals surface area (Å²) in [5.41, 5.74) is 0. The summed E-state index contributed by atoms with van der Waals surface area (Å²) in [7, 11) is 0. The zero-order chi connectivity index (χ0) is 35.9. The third-order valence-electron chi connectivity index (χ3n) is 9.69. The number of hydrogen-bond donors (Lipinski definition) is 4. The summed E-state index contributed by atoms with van der Waals surface area (Å²) in [5.74, 6) is -0.167. The van der Waals surface area contributed by atoms with Crippen LogP contribution in [0.3, 0.4) is 0 Å². The van der Waals surface area contributed by atoms with Gasteiger partial charge in [-0.3, -0.25) is 4.79 Å². The van der Waals surface area contributed by atoms with Crippen molar-refractivity contribution in [3.63, 3.8) is 0 Å². The molecule has 0 aliphatic carbocycles. The second kappa shape index (κ2) is 39.4. The fourth-order valence-electron chi connectivity index (χ4n) is 6.35. The molecule has 5 nitrogen and oxygen atoms in total. The summed E-state index contributed by atoms with van der Waals surface area (Å²) in [5, 5.41) is 33.4. The van der Waals surface area contributed by atoms with E-state index in [2.05, 4.69) is 55.6 Å². The number of aliphatic hydroxyl groups is 3. The number of hydrogen-bond acceptors (Lipinski definition) is 4. The van der Waals surface area contributed by atoms with E-state index in [0.29, 0.717) is 12.8 Å². The highest BCUT2D eigenvalue weighted by Crippen LogP contribution is 2.14. The average Bonchev–Trinajstić information content (AvgIpc) is 3.10. The molecule has 0 heterocycles. The molecule has 4 N–H and O–H groups in total. The van der Waals surface area contributed by atoms with Crippen LogP contribution in [0.15, 0.2) is 36.5 Å². The Balaban J connectivity index is 3.73. The van der Waals surface area contributed by atoms with Gasteiger partial charge in [-0.05, 0) is 77.0 Å². The standard InChI is InChI=1S/C44H83NO4/c1-3-5-7-9-11-13-15-17-19-21-23-25-27-29-31-33-35-37-39-43(48)45-41(40-46)44(49)42(47)38-36-34-32-30-28-26-24-22-20-18-16-14-12-10-8-6-4-2/h22-25,30,32,41-42,44,46-47,49H,3-21,26-29,31,33-40H2,1-2H3,(H,45,48)/b24-22+,25-23-,32-30+. The Morgan fingerprint density at radius 1 is 0.490 bits per heavy atom. The van der Waals surface area contributed by atoms with E-state index in [0.717, 1.165) is 51.4 Å². The third kappa shape index (κ3) is 34.8. The summed E-state index contributed by atoms with van der Waals surface area (Å²) in [6.07, 6.45) is 48.2. The van der Waals surface area contributed by atoms with Crippen LogP contribution in [0.2, 0.25) is 0 Å². The molecule has 0 aromatic carbocycles. The van der Waals surface area contributed by atoms with Gasteiger partial charge in [-0.15, -0.1) is 0 Å². The number of allylic oxidation sites excluding steroid dienone is 6. The molecule has 0 aromatic heterocycles. The second-order valence-electron chi connectivity index (χ2n) is 14.5. The summed E-state index contributed by atoms with van der Waals surface area (Å²) < 4.78 is 0. The summed E-state index contributed by atoms with van der Waals surface area (Å²) in [4.78, 5) is 12.4. The van der Waals surface area contributed by atoms with Crippen LogP contribution in [0.1, 0.15) is 213 Å². The van der Waals surface area contributed by atoms with Crippen molar-refractivity contribution in [2.45, 2.75) is 231 Å². The highest BCUT2D eigenvalue weighted by Gasteiger charge is 2.26.